The first-order valence-electron chi connectivity index (χ1n) is 3.77. The van der Waals surface area contributed by atoms with Crippen molar-refractivity contribution < 1.29 is 24.3 Å². The van der Waals surface area contributed by atoms with Gasteiger partial charge in [-0.25, -0.2) is 24.3 Å². The van der Waals surface area contributed by atoms with Crippen LogP contribution in [-0.4, -0.2) is 6.29 Å². The monoisotopic (exact) mass is 260 g/mol. The summed E-state index contributed by atoms with van der Waals surface area (Å²) in [5.74, 6) is 0. The van der Waals surface area contributed by atoms with Gasteiger partial charge in [-0.1, -0.05) is 5.56 Å². The van der Waals surface area contributed by atoms with Crippen LogP contribution in [0.1, 0.15) is 10.4 Å². The Bertz CT molecular complexity index is 265. The molecule has 0 saturated carbocycles. The Morgan fingerprint density at radius 3 is 1.77 bits per heavy atom. The number of carbonyl (C=O) groups is 1. The van der Waals surface area contributed by atoms with Gasteiger partial charge in [0.2, 0.25) is 0 Å². The van der Waals surface area contributed by atoms with Crippen molar-refractivity contribution in [2.45, 2.75) is 0 Å². The van der Waals surface area contributed by atoms with E-state index in [4.69, 9.17) is 0 Å². The fourth-order valence-corrected chi connectivity index (χ4v) is 0.788. The van der Waals surface area contributed by atoms with Crippen molar-refractivity contribution in [1.29, 1.82) is 0 Å². The fourth-order valence-electron chi connectivity index (χ4n) is 0.788. The normalized spacial score (nSPS) is 7.69. The third kappa shape index (κ3) is 5.27. The van der Waals surface area contributed by atoms with Gasteiger partial charge in [-0.05, 0) is 0 Å². The van der Waals surface area contributed by atoms with Gasteiger partial charge in [0, 0.05) is 0 Å². The maximum absolute atomic E-state index is 9.87. The molecule has 2 rings (SSSR count). The van der Waals surface area contributed by atoms with E-state index in [-0.39, 0.29) is 19.5 Å². The number of hydrogen-bond donors (Lipinski definition) is 0. The molecule has 0 N–H and O–H groups in total. The number of carbonyl (C=O) groups excluding carboxylic acids is 1. The van der Waals surface area contributed by atoms with Crippen molar-refractivity contribution in [3.05, 3.63) is 60.2 Å². The first-order valence-corrected chi connectivity index (χ1v) is 3.77. The van der Waals surface area contributed by atoms with Crippen LogP contribution in [0.2, 0.25) is 0 Å². The van der Waals surface area contributed by atoms with Crippen molar-refractivity contribution >= 4 is 6.29 Å². The molecule has 2 aromatic carbocycles. The van der Waals surface area contributed by atoms with Crippen molar-refractivity contribution in [2.75, 3.05) is 0 Å². The molecular weight excluding hydrogens is 249 g/mol. The van der Waals surface area contributed by atoms with Crippen LogP contribution in [0.15, 0.2) is 54.6 Å². The molecule has 0 aliphatic carbocycles. The molecule has 0 unspecified atom stereocenters. The molecule has 0 radical (unpaired) electrons. The quantitative estimate of drug-likeness (QED) is 0.437. The largest absolute Gasteiger partial charge is 2.00 e. The minimum absolute atomic E-state index is 0. The maximum atomic E-state index is 9.87. The molecule has 68 valence electrons. The first kappa shape index (κ1) is 12.0. The van der Waals surface area contributed by atoms with Gasteiger partial charge in [-0.2, -0.15) is 30.3 Å². The molecular formula is C11H10ORu. The molecule has 0 heterocycles. The zero-order chi connectivity index (χ0) is 8.65. The predicted molar refractivity (Wildman–Crippen MR) is 49.5 cm³/mol. The van der Waals surface area contributed by atoms with E-state index >= 15 is 0 Å². The van der Waals surface area contributed by atoms with E-state index in [0.29, 0.717) is 0 Å². The van der Waals surface area contributed by atoms with Gasteiger partial charge in [0.05, 0.1) is 6.29 Å². The molecule has 0 bridgehead atoms. The summed E-state index contributed by atoms with van der Waals surface area (Å²) in [4.78, 5) is 9.87. The van der Waals surface area contributed by atoms with Crippen LogP contribution < -0.4 is 0 Å². The maximum Gasteiger partial charge on any atom is 2.00 e. The van der Waals surface area contributed by atoms with Crippen LogP contribution in [0.4, 0.5) is 0 Å². The molecule has 0 amide bonds. The van der Waals surface area contributed by atoms with Crippen molar-refractivity contribution in [2.24, 2.45) is 0 Å². The minimum atomic E-state index is 0. The zero-order valence-electron chi connectivity index (χ0n) is 7.04. The molecule has 0 aliphatic rings. The van der Waals surface area contributed by atoms with Gasteiger partial charge in [-0.3, -0.25) is 0 Å². The Balaban J connectivity index is 0.000000215. The van der Waals surface area contributed by atoms with Crippen LogP contribution in [0, 0.1) is 0 Å². The molecule has 0 spiro atoms. The average Bonchev–Trinajstić information content (AvgIpc) is 2.81. The summed E-state index contributed by atoms with van der Waals surface area (Å²) >= 11 is 0. The molecule has 0 aromatic heterocycles. The summed E-state index contributed by atoms with van der Waals surface area (Å²) < 4.78 is 0. The summed E-state index contributed by atoms with van der Waals surface area (Å²) in [5.41, 5.74) is 0.750. The molecule has 0 atom stereocenters. The van der Waals surface area contributed by atoms with Gasteiger partial charge < -0.3 is 4.79 Å². The summed E-state index contributed by atoms with van der Waals surface area (Å²) in [6.07, 6.45) is 0.833. The van der Waals surface area contributed by atoms with Gasteiger partial charge in [0.15, 0.2) is 0 Å². The second kappa shape index (κ2) is 7.63. The third-order valence-electron chi connectivity index (χ3n) is 1.38. The first-order chi connectivity index (χ1) is 5.93. The summed E-state index contributed by atoms with van der Waals surface area (Å²) in [5, 5.41) is 0. The summed E-state index contributed by atoms with van der Waals surface area (Å²) in [6.45, 7) is 0. The van der Waals surface area contributed by atoms with E-state index < -0.39 is 0 Å². The molecule has 0 saturated heterocycles. The number of hydrogen-bond acceptors (Lipinski definition) is 1. The van der Waals surface area contributed by atoms with E-state index in [1.807, 2.05) is 42.5 Å². The molecule has 0 fully saturated rings. The summed E-state index contributed by atoms with van der Waals surface area (Å²) in [7, 11) is 0. The van der Waals surface area contributed by atoms with Gasteiger partial charge >= 0.3 is 19.5 Å². The molecule has 2 heteroatoms. The van der Waals surface area contributed by atoms with E-state index in [1.54, 1.807) is 12.1 Å². The average molecular weight is 259 g/mol. The Hall–Kier alpha value is -1.01. The van der Waals surface area contributed by atoms with Crippen LogP contribution >= 0.6 is 0 Å². The second-order valence-electron chi connectivity index (χ2n) is 2.30. The van der Waals surface area contributed by atoms with Crippen LogP contribution in [0.5, 0.6) is 0 Å². The standard InChI is InChI=1S/C6H5O.C5H5.Ru/c7-5-6-3-1-2-4-6;1-2-4-5-3-1;/h1-5H;1-5H;/q2*-1;+2. The third-order valence-corrected chi connectivity index (χ3v) is 1.38. The Morgan fingerprint density at radius 1 is 1.00 bits per heavy atom. The second-order valence-corrected chi connectivity index (χ2v) is 2.30. The Morgan fingerprint density at radius 2 is 1.54 bits per heavy atom. The topological polar surface area (TPSA) is 17.1 Å². The number of rotatable bonds is 1. The molecule has 0 aliphatic heterocycles. The van der Waals surface area contributed by atoms with E-state index in [0.717, 1.165) is 11.8 Å². The van der Waals surface area contributed by atoms with Crippen molar-refractivity contribution in [3.8, 4) is 0 Å². The summed E-state index contributed by atoms with van der Waals surface area (Å²) in [6, 6.07) is 17.2. The Kier molecular flexibility index (Phi) is 7.04. The van der Waals surface area contributed by atoms with Gasteiger partial charge in [0.25, 0.3) is 0 Å². The van der Waals surface area contributed by atoms with Crippen molar-refractivity contribution in [3.63, 3.8) is 0 Å². The van der Waals surface area contributed by atoms with Crippen LogP contribution in [0.25, 0.3) is 0 Å². The van der Waals surface area contributed by atoms with Crippen LogP contribution in [-0.2, 0) is 19.5 Å². The van der Waals surface area contributed by atoms with Gasteiger partial charge in [0.1, 0.15) is 0 Å². The number of aldehydes is 1. The predicted octanol–water partition coefficient (Wildman–Crippen LogP) is 2.62. The fraction of sp³-hybridized carbons (Fsp3) is 0. The van der Waals surface area contributed by atoms with Crippen LogP contribution in [0.3, 0.4) is 0 Å². The molecule has 1 nitrogen and oxygen atoms in total. The van der Waals surface area contributed by atoms with E-state index in [2.05, 4.69) is 0 Å². The molecule has 2 aromatic rings. The smallest absolute Gasteiger partial charge is 0.312 e. The minimum Gasteiger partial charge on any atom is -0.312 e. The molecule has 13 heavy (non-hydrogen) atoms. The van der Waals surface area contributed by atoms with E-state index in [9.17, 15) is 4.79 Å². The Labute approximate surface area is 90.9 Å². The van der Waals surface area contributed by atoms with E-state index in [1.165, 1.54) is 0 Å². The zero-order valence-corrected chi connectivity index (χ0v) is 8.77. The van der Waals surface area contributed by atoms with Crippen molar-refractivity contribution in [1.82, 2.24) is 0 Å². The SMILES string of the molecule is O=C[c-]1cccc1.[Ru+2].c1cc[cH-]c1. The van der Waals surface area contributed by atoms with Gasteiger partial charge in [-0.15, -0.1) is 0 Å².